The van der Waals surface area contributed by atoms with E-state index in [4.69, 9.17) is 5.53 Å². The molecule has 0 aliphatic rings. The molecule has 0 bridgehead atoms. The summed E-state index contributed by atoms with van der Waals surface area (Å²) in [6, 6.07) is 6.05. The summed E-state index contributed by atoms with van der Waals surface area (Å²) in [6.45, 7) is 0. The summed E-state index contributed by atoms with van der Waals surface area (Å²) >= 11 is 0. The van der Waals surface area contributed by atoms with Crippen molar-refractivity contribution in [2.45, 2.75) is 0 Å². The minimum absolute atomic E-state index is 0.0537. The van der Waals surface area contributed by atoms with Crippen molar-refractivity contribution in [1.29, 1.82) is 0 Å². The second kappa shape index (κ2) is 4.69. The van der Waals surface area contributed by atoms with Gasteiger partial charge in [-0.1, -0.05) is 0 Å². The summed E-state index contributed by atoms with van der Waals surface area (Å²) < 4.78 is 0. The molecule has 14 heavy (non-hydrogen) atoms. The molecule has 5 nitrogen and oxygen atoms in total. The Hall–Kier alpha value is -2.26. The summed E-state index contributed by atoms with van der Waals surface area (Å²) in [7, 11) is 0. The van der Waals surface area contributed by atoms with Gasteiger partial charge in [-0.2, -0.15) is 4.79 Å². The third-order valence-corrected chi connectivity index (χ3v) is 1.55. The van der Waals surface area contributed by atoms with Gasteiger partial charge in [0.25, 0.3) is 11.9 Å². The summed E-state index contributed by atoms with van der Waals surface area (Å²) in [6.07, 6.45) is 4.41. The van der Waals surface area contributed by atoms with Crippen molar-refractivity contribution in [2.75, 3.05) is 0 Å². The lowest BCUT2D eigenvalue weighted by Crippen LogP contribution is -1.86. The fourth-order valence-electron chi connectivity index (χ4n) is 0.900. The number of hydrogen-bond acceptors (Lipinski definition) is 2. The van der Waals surface area contributed by atoms with Crippen molar-refractivity contribution in [2.24, 2.45) is 0 Å². The van der Waals surface area contributed by atoms with Gasteiger partial charge in [0.1, 0.15) is 0 Å². The lowest BCUT2D eigenvalue weighted by atomic mass is 10.2. The Bertz CT molecular complexity index is 403. The second-order valence-corrected chi connectivity index (χ2v) is 2.47. The average Bonchev–Trinajstić information content (AvgIpc) is 2.19. The van der Waals surface area contributed by atoms with E-state index in [0.717, 1.165) is 5.56 Å². The Kier molecular flexibility index (Phi) is 3.29. The van der Waals surface area contributed by atoms with E-state index in [2.05, 4.69) is 4.79 Å². The minimum atomic E-state index is -0.456. The topological polar surface area (TPSA) is 79.5 Å². The molecule has 0 aliphatic carbocycles. The van der Waals surface area contributed by atoms with Crippen molar-refractivity contribution < 1.29 is 9.71 Å². The number of non-ortho nitro benzene ring substituents is 1. The van der Waals surface area contributed by atoms with Gasteiger partial charge < -0.3 is 5.53 Å². The number of hydrogen-bond donors (Lipinski definition) is 0. The zero-order chi connectivity index (χ0) is 10.4. The summed E-state index contributed by atoms with van der Waals surface area (Å²) in [4.78, 5) is 12.6. The van der Waals surface area contributed by atoms with Crippen LogP contribution in [0, 0.1) is 10.1 Å². The quantitative estimate of drug-likeness (QED) is 0.239. The number of benzene rings is 1. The minimum Gasteiger partial charge on any atom is -0.362 e. The van der Waals surface area contributed by atoms with Gasteiger partial charge in [-0.15, -0.1) is 0 Å². The number of nitro groups is 1. The van der Waals surface area contributed by atoms with E-state index in [9.17, 15) is 10.1 Å². The Morgan fingerprint density at radius 3 is 2.50 bits per heavy atom. The van der Waals surface area contributed by atoms with Crippen LogP contribution in [0.5, 0.6) is 0 Å². The van der Waals surface area contributed by atoms with Crippen molar-refractivity contribution in [3.8, 4) is 0 Å². The van der Waals surface area contributed by atoms with Crippen LogP contribution in [0.4, 0.5) is 5.69 Å². The maximum atomic E-state index is 10.3. The lowest BCUT2D eigenvalue weighted by Gasteiger charge is -1.91. The third-order valence-electron chi connectivity index (χ3n) is 1.55. The Labute approximate surface area is 80.1 Å². The number of nitro benzene ring substituents is 1. The highest BCUT2D eigenvalue weighted by atomic mass is 16.6. The second-order valence-electron chi connectivity index (χ2n) is 2.47. The van der Waals surface area contributed by atoms with Gasteiger partial charge in [-0.3, -0.25) is 10.1 Å². The Morgan fingerprint density at radius 2 is 2.00 bits per heavy atom. The zero-order valence-electron chi connectivity index (χ0n) is 7.20. The normalized spacial score (nSPS) is 9.71. The molecular weight excluding hydrogens is 182 g/mol. The van der Waals surface area contributed by atoms with E-state index < -0.39 is 4.92 Å². The molecule has 0 atom stereocenters. The molecule has 0 fully saturated rings. The van der Waals surface area contributed by atoms with Crippen LogP contribution in [0.25, 0.3) is 11.6 Å². The van der Waals surface area contributed by atoms with Crippen molar-refractivity contribution in [3.63, 3.8) is 0 Å². The summed E-state index contributed by atoms with van der Waals surface area (Å²) in [5, 5.41) is 10.3. The molecule has 0 amide bonds. The molecule has 5 heteroatoms. The SMILES string of the molecule is [N-]=[N+]=C/C=C/c1ccc([N+](=O)[O-])cc1. The van der Waals surface area contributed by atoms with E-state index in [1.54, 1.807) is 18.2 Å². The van der Waals surface area contributed by atoms with E-state index in [1.807, 2.05) is 0 Å². The van der Waals surface area contributed by atoms with Crippen LogP contribution in [0.1, 0.15) is 5.56 Å². The number of nitrogens with zero attached hydrogens (tertiary/aromatic N) is 3. The molecular formula is C9H7N3O2. The zero-order valence-corrected chi connectivity index (χ0v) is 7.20. The molecule has 70 valence electrons. The predicted octanol–water partition coefficient (Wildman–Crippen LogP) is 1.91. The highest BCUT2D eigenvalue weighted by Gasteiger charge is 2.01. The first-order valence-electron chi connectivity index (χ1n) is 3.82. The van der Waals surface area contributed by atoms with Crippen LogP contribution >= 0.6 is 0 Å². The molecule has 0 aromatic heterocycles. The van der Waals surface area contributed by atoms with Crippen LogP contribution in [-0.4, -0.2) is 15.9 Å². The standard InChI is InChI=1S/C9H7N3O2/c10-11-7-1-2-8-3-5-9(6-4-8)12(13)14/h1-7H/b2-1+. The van der Waals surface area contributed by atoms with Crippen LogP contribution < -0.4 is 0 Å². The summed E-state index contributed by atoms with van der Waals surface area (Å²) in [5.74, 6) is 0. The van der Waals surface area contributed by atoms with Crippen LogP contribution in [0.15, 0.2) is 30.3 Å². The van der Waals surface area contributed by atoms with Crippen LogP contribution in [0.3, 0.4) is 0 Å². The van der Waals surface area contributed by atoms with E-state index in [1.165, 1.54) is 24.4 Å². The van der Waals surface area contributed by atoms with E-state index in [-0.39, 0.29) is 5.69 Å². The third kappa shape index (κ3) is 2.66. The smallest absolute Gasteiger partial charge is 0.280 e. The first-order chi connectivity index (χ1) is 6.74. The van der Waals surface area contributed by atoms with Gasteiger partial charge in [-0.05, 0) is 23.8 Å². The first kappa shape index (κ1) is 9.83. The van der Waals surface area contributed by atoms with Gasteiger partial charge in [0, 0.05) is 18.2 Å². The average molecular weight is 189 g/mol. The molecule has 1 aromatic carbocycles. The lowest BCUT2D eigenvalue weighted by molar-refractivity contribution is -0.384. The fraction of sp³-hybridized carbons (Fsp3) is 0. The summed E-state index contributed by atoms with van der Waals surface area (Å²) in [5.41, 5.74) is 8.95. The largest absolute Gasteiger partial charge is 0.362 e. The molecule has 0 radical (unpaired) electrons. The monoisotopic (exact) mass is 189 g/mol. The number of allylic oxidation sites excluding steroid dienone is 1. The molecule has 1 rings (SSSR count). The molecule has 0 spiro atoms. The molecule has 0 N–H and O–H groups in total. The highest BCUT2D eigenvalue weighted by molar-refractivity contribution is 5.74. The Morgan fingerprint density at radius 1 is 1.36 bits per heavy atom. The highest BCUT2D eigenvalue weighted by Crippen LogP contribution is 2.12. The molecule has 0 aliphatic heterocycles. The van der Waals surface area contributed by atoms with Gasteiger partial charge in [0.15, 0.2) is 0 Å². The van der Waals surface area contributed by atoms with Crippen LogP contribution in [-0.2, 0) is 0 Å². The Balaban J connectivity index is 2.83. The molecule has 0 saturated heterocycles. The molecule has 0 heterocycles. The van der Waals surface area contributed by atoms with Crippen LogP contribution in [0.2, 0.25) is 0 Å². The van der Waals surface area contributed by atoms with E-state index in [0.29, 0.717) is 0 Å². The van der Waals surface area contributed by atoms with Gasteiger partial charge in [-0.25, -0.2) is 0 Å². The first-order valence-corrected chi connectivity index (χ1v) is 3.82. The van der Waals surface area contributed by atoms with E-state index >= 15 is 0 Å². The predicted molar refractivity (Wildman–Crippen MR) is 51.8 cm³/mol. The number of rotatable bonds is 3. The van der Waals surface area contributed by atoms with Crippen molar-refractivity contribution in [3.05, 3.63) is 51.6 Å². The van der Waals surface area contributed by atoms with Crippen molar-refractivity contribution >= 4 is 18.0 Å². The van der Waals surface area contributed by atoms with Gasteiger partial charge in [0.05, 0.1) is 4.92 Å². The molecule has 1 aromatic rings. The van der Waals surface area contributed by atoms with Gasteiger partial charge in [0.2, 0.25) is 0 Å². The molecule has 0 unspecified atom stereocenters. The van der Waals surface area contributed by atoms with Gasteiger partial charge >= 0.3 is 0 Å². The maximum absolute atomic E-state index is 10.3. The van der Waals surface area contributed by atoms with Crippen molar-refractivity contribution in [1.82, 2.24) is 0 Å². The molecule has 0 saturated carbocycles. The maximum Gasteiger partial charge on any atom is 0.280 e. The fourth-order valence-corrected chi connectivity index (χ4v) is 0.900.